The molecule has 2 bridgehead atoms. The minimum Gasteiger partial charge on any atom is -0.456 e. The summed E-state index contributed by atoms with van der Waals surface area (Å²) in [5.74, 6) is -2.09. The van der Waals surface area contributed by atoms with Gasteiger partial charge in [0.05, 0.1) is 0 Å². The van der Waals surface area contributed by atoms with E-state index in [2.05, 4.69) is 22.9 Å². The second kappa shape index (κ2) is 5.34. The topological polar surface area (TPSA) is 36.9 Å². The highest BCUT2D eigenvalue weighted by Gasteiger charge is 2.69. The smallest absolute Gasteiger partial charge is 0.449 e. The van der Waals surface area contributed by atoms with Gasteiger partial charge in [0.2, 0.25) is 17.8 Å². The Bertz CT molecular complexity index is 580. The molecule has 1 aliphatic carbocycles. The lowest BCUT2D eigenvalue weighted by Crippen LogP contribution is -2.67. The number of rotatable bonds is 1. The number of halogens is 4. The summed E-state index contributed by atoms with van der Waals surface area (Å²) < 4.78 is 51.9. The van der Waals surface area contributed by atoms with Crippen LogP contribution in [0.25, 0.3) is 0 Å². The van der Waals surface area contributed by atoms with Crippen molar-refractivity contribution in [3.63, 3.8) is 0 Å². The second-order valence-electron chi connectivity index (χ2n) is 7.46. The van der Waals surface area contributed by atoms with Crippen LogP contribution < -0.4 is 0 Å². The van der Waals surface area contributed by atoms with Gasteiger partial charge in [0.25, 0.3) is 0 Å². The van der Waals surface area contributed by atoms with Crippen molar-refractivity contribution in [3.8, 4) is 0 Å². The van der Waals surface area contributed by atoms with Gasteiger partial charge in [-0.15, -0.1) is 0 Å². The van der Waals surface area contributed by atoms with Crippen LogP contribution in [0.15, 0.2) is 11.3 Å². The van der Waals surface area contributed by atoms with E-state index in [0.29, 0.717) is 18.8 Å². The Balaban J connectivity index is 1.88. The number of ether oxygens (including phenoxy) is 2. The zero-order valence-corrected chi connectivity index (χ0v) is 15.1. The Morgan fingerprint density at radius 1 is 1.21 bits per heavy atom. The lowest BCUT2D eigenvalue weighted by Gasteiger charge is -2.57. The van der Waals surface area contributed by atoms with E-state index in [1.54, 1.807) is 6.92 Å². The van der Waals surface area contributed by atoms with E-state index < -0.39 is 35.5 Å². The Morgan fingerprint density at radius 2 is 1.96 bits per heavy atom. The summed E-state index contributed by atoms with van der Waals surface area (Å²) in [6, 6.07) is 0. The first-order valence-electron chi connectivity index (χ1n) is 8.29. The zero-order valence-electron chi connectivity index (χ0n) is 13.5. The van der Waals surface area contributed by atoms with Gasteiger partial charge >= 0.3 is 6.18 Å². The highest BCUT2D eigenvalue weighted by atomic mass is 79.9. The summed E-state index contributed by atoms with van der Waals surface area (Å²) in [4.78, 5) is 11.4. The predicted octanol–water partition coefficient (Wildman–Crippen LogP) is 4.44. The van der Waals surface area contributed by atoms with Gasteiger partial charge in [0.15, 0.2) is 5.60 Å². The molecule has 0 N–H and O–H groups in total. The molecule has 1 saturated carbocycles. The number of fused-ring (bicyclic) bond motifs is 2. The monoisotopic (exact) mass is 412 g/mol. The molecule has 5 aliphatic rings. The Morgan fingerprint density at radius 3 is 2.62 bits per heavy atom. The number of hydrogen-bond donors (Lipinski definition) is 0. The molecule has 3 saturated heterocycles. The van der Waals surface area contributed by atoms with E-state index in [9.17, 15) is 13.2 Å². The predicted molar refractivity (Wildman–Crippen MR) is 80.8 cm³/mol. The lowest BCUT2D eigenvalue weighted by atomic mass is 9.59. The fraction of sp³-hybridized carbons (Fsp3) is 0.875. The van der Waals surface area contributed by atoms with Gasteiger partial charge in [-0.3, -0.25) is 0 Å². The molecule has 4 aliphatic heterocycles. The minimum atomic E-state index is -4.56. The van der Waals surface area contributed by atoms with Crippen LogP contribution in [0.3, 0.4) is 0 Å². The molecule has 24 heavy (non-hydrogen) atoms. The fourth-order valence-electron chi connectivity index (χ4n) is 4.89. The van der Waals surface area contributed by atoms with Crippen molar-refractivity contribution < 1.29 is 32.4 Å². The third kappa shape index (κ3) is 2.22. The van der Waals surface area contributed by atoms with E-state index in [-0.39, 0.29) is 16.8 Å². The van der Waals surface area contributed by atoms with Crippen molar-refractivity contribution in [2.75, 3.05) is 5.33 Å². The van der Waals surface area contributed by atoms with Gasteiger partial charge in [-0.2, -0.15) is 13.2 Å². The normalized spacial score (nSPS) is 47.9. The quantitative estimate of drug-likeness (QED) is 0.471. The van der Waals surface area contributed by atoms with E-state index in [1.807, 2.05) is 0 Å². The molecule has 0 aromatic carbocycles. The molecule has 5 rings (SSSR count). The third-order valence-electron chi connectivity index (χ3n) is 6.06. The lowest BCUT2D eigenvalue weighted by molar-refractivity contribution is -0.557. The summed E-state index contributed by atoms with van der Waals surface area (Å²) in [5.41, 5.74) is -0.806. The molecular weight excluding hydrogens is 393 g/mol. The van der Waals surface area contributed by atoms with Crippen LogP contribution in [0.5, 0.6) is 0 Å². The van der Waals surface area contributed by atoms with Crippen molar-refractivity contribution in [2.24, 2.45) is 17.8 Å². The Kier molecular flexibility index (Phi) is 3.81. The van der Waals surface area contributed by atoms with Crippen molar-refractivity contribution >= 4 is 15.9 Å². The van der Waals surface area contributed by atoms with Crippen molar-refractivity contribution in [3.05, 3.63) is 11.3 Å². The van der Waals surface area contributed by atoms with E-state index in [0.717, 1.165) is 12.8 Å². The third-order valence-corrected chi connectivity index (χ3v) is 6.66. The minimum absolute atomic E-state index is 0.0365. The first kappa shape index (κ1) is 17.1. The molecule has 8 heteroatoms. The molecule has 6 atom stereocenters. The number of alkyl halides is 4. The van der Waals surface area contributed by atoms with Crippen molar-refractivity contribution in [1.29, 1.82) is 0 Å². The molecule has 1 spiro atoms. The van der Waals surface area contributed by atoms with Crippen molar-refractivity contribution in [1.82, 2.24) is 0 Å². The van der Waals surface area contributed by atoms with Gasteiger partial charge in [0.1, 0.15) is 0 Å². The van der Waals surface area contributed by atoms with Crippen LogP contribution in [0, 0.1) is 17.8 Å². The first-order chi connectivity index (χ1) is 11.2. The van der Waals surface area contributed by atoms with Gasteiger partial charge in [-0.25, -0.2) is 9.78 Å². The van der Waals surface area contributed by atoms with Gasteiger partial charge in [-0.05, 0) is 37.7 Å². The molecule has 4 fully saturated rings. The second-order valence-corrected chi connectivity index (χ2v) is 8.02. The Hall–Kier alpha value is -0.310. The average molecular weight is 413 g/mol. The molecule has 136 valence electrons. The van der Waals surface area contributed by atoms with Crippen LogP contribution in [-0.2, 0) is 19.2 Å². The highest BCUT2D eigenvalue weighted by molar-refractivity contribution is 9.09. The van der Waals surface area contributed by atoms with Gasteiger partial charge < -0.3 is 9.47 Å². The van der Waals surface area contributed by atoms with Gasteiger partial charge in [-0.1, -0.05) is 22.9 Å². The van der Waals surface area contributed by atoms with Crippen LogP contribution in [0.1, 0.15) is 39.5 Å². The summed E-state index contributed by atoms with van der Waals surface area (Å²) in [6.45, 7) is 3.81. The molecule has 4 nitrogen and oxygen atoms in total. The number of allylic oxidation sites excluding steroid dienone is 1. The van der Waals surface area contributed by atoms with Crippen LogP contribution in [0.4, 0.5) is 13.2 Å². The first-order valence-corrected chi connectivity index (χ1v) is 9.41. The van der Waals surface area contributed by atoms with E-state index >= 15 is 0 Å². The molecule has 0 unspecified atom stereocenters. The summed E-state index contributed by atoms with van der Waals surface area (Å²) in [5, 5.41) is 0.0860. The van der Waals surface area contributed by atoms with Crippen LogP contribution >= 0.6 is 15.9 Å². The highest BCUT2D eigenvalue weighted by Crippen LogP contribution is 2.61. The maximum Gasteiger partial charge on any atom is 0.449 e. The summed E-state index contributed by atoms with van der Waals surface area (Å²) in [6.07, 6.45) is -2.85. The van der Waals surface area contributed by atoms with Crippen LogP contribution in [0.2, 0.25) is 0 Å². The van der Waals surface area contributed by atoms with Gasteiger partial charge in [0, 0.05) is 23.6 Å². The standard InChI is InChI=1S/C16H20BrF3O4/c1-8-3-4-11-9(7-17)12(16(18,19)20)21-13-15(11)10(8)5-6-14(2,22-13)23-24-15/h8,10-11,13H,3-7H2,1-2H3/t8-,10+,11+,13-,14-,15-/m1/s1. The largest absolute Gasteiger partial charge is 0.456 e. The molecule has 0 amide bonds. The maximum absolute atomic E-state index is 13.5. The zero-order chi connectivity index (χ0) is 17.3. The van der Waals surface area contributed by atoms with Crippen molar-refractivity contribution in [2.45, 2.75) is 63.4 Å². The molecule has 0 radical (unpaired) electrons. The summed E-state index contributed by atoms with van der Waals surface area (Å²) in [7, 11) is 0. The molecule has 0 aromatic heterocycles. The number of hydrogen-bond acceptors (Lipinski definition) is 4. The summed E-state index contributed by atoms with van der Waals surface area (Å²) >= 11 is 3.22. The van der Waals surface area contributed by atoms with Crippen LogP contribution in [-0.4, -0.2) is 29.2 Å². The fourth-order valence-corrected chi connectivity index (χ4v) is 5.54. The SMILES string of the molecule is C[C@@H]1CC[C@H]2C(CBr)=C(C(F)(F)F)O[C@@H]3O[C@@]4(C)CC[C@@H]1[C@]32OO4. The average Bonchev–Trinajstić information content (AvgIpc) is 2.74. The molecule has 4 heterocycles. The Labute approximate surface area is 146 Å². The van der Waals surface area contributed by atoms with E-state index in [1.165, 1.54) is 0 Å². The molecule has 0 aromatic rings. The maximum atomic E-state index is 13.5. The van der Waals surface area contributed by atoms with E-state index in [4.69, 9.17) is 19.2 Å². The molecular formula is C16H20BrF3O4.